The summed E-state index contributed by atoms with van der Waals surface area (Å²) in [7, 11) is 0. The molecule has 212 valence electrons. The molecule has 0 saturated heterocycles. The van der Waals surface area contributed by atoms with E-state index in [-0.39, 0.29) is 17.7 Å². The maximum atomic E-state index is 12.9. The highest BCUT2D eigenvalue weighted by Crippen LogP contribution is 2.21. The smallest absolute Gasteiger partial charge is 0.408 e. The number of unbranched alkanes of at least 4 members (excludes halogenated alkanes) is 2. The summed E-state index contributed by atoms with van der Waals surface area (Å²) in [6.07, 6.45) is 1.44. The maximum absolute atomic E-state index is 12.9. The summed E-state index contributed by atoms with van der Waals surface area (Å²) in [4.78, 5) is 60.3. The van der Waals surface area contributed by atoms with Gasteiger partial charge in [-0.05, 0) is 44.9 Å². The Morgan fingerprint density at radius 3 is 2.21 bits per heavy atom. The van der Waals surface area contributed by atoms with Crippen molar-refractivity contribution in [1.29, 1.82) is 0 Å². The Hall–Kier alpha value is -3.87. The van der Waals surface area contributed by atoms with Crippen LogP contribution >= 0.6 is 0 Å². The van der Waals surface area contributed by atoms with E-state index in [2.05, 4.69) is 16.0 Å². The van der Waals surface area contributed by atoms with Crippen LogP contribution in [0.2, 0.25) is 0 Å². The minimum Gasteiger partial charge on any atom is -0.481 e. The Morgan fingerprint density at radius 1 is 0.974 bits per heavy atom. The fourth-order valence-corrected chi connectivity index (χ4v) is 3.21. The molecule has 1 rings (SSSR count). The second kappa shape index (κ2) is 15.4. The Morgan fingerprint density at radius 2 is 1.66 bits per heavy atom. The lowest BCUT2D eigenvalue weighted by Gasteiger charge is -2.24. The molecule has 0 aliphatic carbocycles. The average molecular weight is 540 g/mol. The number of carbonyl (C=O) groups excluding carboxylic acids is 3. The number of carboxylic acid groups (broad SMARTS) is 2. The highest BCUT2D eigenvalue weighted by atomic mass is 16.6. The summed E-state index contributed by atoms with van der Waals surface area (Å²) in [5, 5.41) is 35.4. The molecular formula is C25H37N3O10. The van der Waals surface area contributed by atoms with Crippen LogP contribution in [0.1, 0.15) is 62.9 Å². The monoisotopic (exact) mass is 539 g/mol. The van der Waals surface area contributed by atoms with Gasteiger partial charge >= 0.3 is 18.0 Å². The van der Waals surface area contributed by atoms with Gasteiger partial charge in [0.15, 0.2) is 6.61 Å². The molecule has 13 heteroatoms. The van der Waals surface area contributed by atoms with Gasteiger partial charge in [-0.25, -0.2) is 14.4 Å². The second-order valence-corrected chi connectivity index (χ2v) is 9.46. The number of aliphatic hydroxyl groups excluding tert-OH is 1. The molecule has 0 aliphatic heterocycles. The van der Waals surface area contributed by atoms with E-state index in [4.69, 9.17) is 14.6 Å². The molecule has 1 aromatic carbocycles. The van der Waals surface area contributed by atoms with Crippen molar-refractivity contribution >= 4 is 29.8 Å². The number of aliphatic hydroxyl groups is 1. The maximum Gasteiger partial charge on any atom is 0.408 e. The van der Waals surface area contributed by atoms with E-state index in [1.54, 1.807) is 20.8 Å². The van der Waals surface area contributed by atoms with E-state index in [1.165, 1.54) is 18.2 Å². The number of aliphatic carboxylic acids is 1. The first-order valence-corrected chi connectivity index (χ1v) is 12.2. The third-order valence-electron chi connectivity index (χ3n) is 4.97. The molecule has 6 N–H and O–H groups in total. The first-order valence-electron chi connectivity index (χ1n) is 12.2. The number of alkyl carbamates (subject to hydrolysis) is 1. The van der Waals surface area contributed by atoms with E-state index < -0.39 is 60.7 Å². The number of rotatable bonds is 15. The lowest BCUT2D eigenvalue weighted by molar-refractivity contribution is -0.139. The van der Waals surface area contributed by atoms with Gasteiger partial charge in [-0.3, -0.25) is 9.59 Å². The van der Waals surface area contributed by atoms with E-state index in [1.807, 2.05) is 6.92 Å². The van der Waals surface area contributed by atoms with Gasteiger partial charge in [-0.1, -0.05) is 25.8 Å². The van der Waals surface area contributed by atoms with E-state index in [0.29, 0.717) is 18.5 Å². The molecule has 0 bridgehead atoms. The van der Waals surface area contributed by atoms with E-state index in [9.17, 15) is 34.2 Å². The zero-order chi connectivity index (χ0) is 28.9. The summed E-state index contributed by atoms with van der Waals surface area (Å²) in [5.41, 5.74) is -0.833. The fraction of sp³-hybridized carbons (Fsp3) is 0.560. The van der Waals surface area contributed by atoms with Gasteiger partial charge in [-0.15, -0.1) is 0 Å². The average Bonchev–Trinajstić information content (AvgIpc) is 2.82. The third-order valence-corrected chi connectivity index (χ3v) is 4.97. The van der Waals surface area contributed by atoms with Gasteiger partial charge in [0.25, 0.3) is 0 Å². The quantitative estimate of drug-likeness (QED) is 0.175. The Balaban J connectivity index is 3.12. The van der Waals surface area contributed by atoms with Crippen molar-refractivity contribution in [2.45, 2.75) is 71.1 Å². The zero-order valence-corrected chi connectivity index (χ0v) is 22.0. The lowest BCUT2D eigenvalue weighted by Crippen LogP contribution is -2.56. The SMILES string of the molecule is CCCCCNC(=O)[C@H](Cc1ccc(OCC(=O)O)c(C(=O)O)c1)NC(=O)[C@H](CO)NC(=O)OC(C)(C)C. The standard InChI is InChI=1S/C25H37N3O10/c1-5-6-7-10-26-21(32)17(27-22(33)18(13-29)28-24(36)38-25(2,3)4)12-15-8-9-19(37-14-20(30)31)16(11-15)23(34)35/h8-9,11,17-18,29H,5-7,10,12-14H2,1-4H3,(H,26,32)(H,27,33)(H,28,36)(H,30,31)(H,34,35)/t17-,18-/m0/s1. The van der Waals surface area contributed by atoms with Crippen LogP contribution in [0.3, 0.4) is 0 Å². The summed E-state index contributed by atoms with van der Waals surface area (Å²) < 4.78 is 10.1. The number of carboxylic acids is 2. The van der Waals surface area contributed by atoms with Crippen LogP contribution in [0.25, 0.3) is 0 Å². The van der Waals surface area contributed by atoms with Crippen molar-refractivity contribution in [2.75, 3.05) is 19.8 Å². The van der Waals surface area contributed by atoms with Gasteiger partial charge in [0.2, 0.25) is 11.8 Å². The summed E-state index contributed by atoms with van der Waals surface area (Å²) >= 11 is 0. The van der Waals surface area contributed by atoms with Gasteiger partial charge in [0, 0.05) is 13.0 Å². The van der Waals surface area contributed by atoms with Crippen LogP contribution in [0.5, 0.6) is 5.75 Å². The topological polar surface area (TPSA) is 201 Å². The third kappa shape index (κ3) is 11.9. The van der Waals surface area contributed by atoms with Crippen molar-refractivity contribution in [3.8, 4) is 5.75 Å². The number of benzene rings is 1. The van der Waals surface area contributed by atoms with E-state index >= 15 is 0 Å². The first kappa shape index (κ1) is 32.2. The summed E-state index contributed by atoms with van der Waals surface area (Å²) in [5.74, 6) is -4.24. The summed E-state index contributed by atoms with van der Waals surface area (Å²) in [6, 6.07) is 1.31. The zero-order valence-electron chi connectivity index (χ0n) is 22.0. The van der Waals surface area contributed by atoms with Crippen LogP contribution in [-0.4, -0.2) is 82.6 Å². The largest absolute Gasteiger partial charge is 0.481 e. The minimum atomic E-state index is -1.42. The van der Waals surface area contributed by atoms with Crippen molar-refractivity contribution in [3.63, 3.8) is 0 Å². The highest BCUT2D eigenvalue weighted by Gasteiger charge is 2.28. The van der Waals surface area contributed by atoms with Crippen molar-refractivity contribution in [1.82, 2.24) is 16.0 Å². The minimum absolute atomic E-state index is 0.143. The number of carbonyl (C=O) groups is 5. The molecule has 0 aromatic heterocycles. The Labute approximate surface area is 220 Å². The van der Waals surface area contributed by atoms with Gasteiger partial charge < -0.3 is 40.7 Å². The van der Waals surface area contributed by atoms with Crippen molar-refractivity contribution in [3.05, 3.63) is 29.3 Å². The Bertz CT molecular complexity index is 990. The van der Waals surface area contributed by atoms with Crippen molar-refractivity contribution in [2.24, 2.45) is 0 Å². The second-order valence-electron chi connectivity index (χ2n) is 9.46. The van der Waals surface area contributed by atoms with Gasteiger partial charge in [0.1, 0.15) is 29.0 Å². The molecule has 0 aliphatic rings. The van der Waals surface area contributed by atoms with Crippen LogP contribution < -0.4 is 20.7 Å². The number of aromatic carboxylic acids is 1. The molecule has 0 fully saturated rings. The molecule has 0 radical (unpaired) electrons. The number of nitrogens with one attached hydrogen (secondary N) is 3. The molecule has 0 heterocycles. The van der Waals surface area contributed by atoms with Crippen LogP contribution in [0.15, 0.2) is 18.2 Å². The predicted molar refractivity (Wildman–Crippen MR) is 135 cm³/mol. The molecule has 2 atom stereocenters. The number of hydrogen-bond acceptors (Lipinski definition) is 8. The molecule has 38 heavy (non-hydrogen) atoms. The molecule has 1 aromatic rings. The molecule has 0 saturated carbocycles. The normalized spacial score (nSPS) is 12.6. The molecule has 13 nitrogen and oxygen atoms in total. The van der Waals surface area contributed by atoms with Crippen LogP contribution in [0.4, 0.5) is 4.79 Å². The lowest BCUT2D eigenvalue weighted by atomic mass is 10.0. The molecular weight excluding hydrogens is 502 g/mol. The summed E-state index contributed by atoms with van der Waals surface area (Å²) in [6.45, 7) is 5.72. The van der Waals surface area contributed by atoms with Gasteiger partial charge in [-0.2, -0.15) is 0 Å². The number of hydrogen-bond donors (Lipinski definition) is 6. The Kier molecular flexibility index (Phi) is 13.0. The number of ether oxygens (including phenoxy) is 2. The molecule has 0 spiro atoms. The molecule has 0 unspecified atom stereocenters. The predicted octanol–water partition coefficient (Wildman–Crippen LogP) is 1.07. The highest BCUT2D eigenvalue weighted by molar-refractivity contribution is 5.92. The van der Waals surface area contributed by atoms with E-state index in [0.717, 1.165) is 12.8 Å². The molecule has 3 amide bonds. The first-order chi connectivity index (χ1) is 17.8. The fourth-order valence-electron chi connectivity index (χ4n) is 3.21. The van der Waals surface area contributed by atoms with Gasteiger partial charge in [0.05, 0.1) is 6.61 Å². The van der Waals surface area contributed by atoms with Crippen LogP contribution in [0, 0.1) is 0 Å². The van der Waals surface area contributed by atoms with Crippen LogP contribution in [-0.2, 0) is 25.5 Å². The van der Waals surface area contributed by atoms with Crippen molar-refractivity contribution < 1.29 is 48.8 Å². The number of amides is 3.